The summed E-state index contributed by atoms with van der Waals surface area (Å²) in [6, 6.07) is 7.51. The van der Waals surface area contributed by atoms with Gasteiger partial charge in [-0.15, -0.1) is 0 Å². The van der Waals surface area contributed by atoms with E-state index >= 15 is 0 Å². The molecule has 92 valence electrons. The number of hydrogen-bond donors (Lipinski definition) is 3. The van der Waals surface area contributed by atoms with Crippen LogP contribution in [-0.4, -0.2) is 24.3 Å². The summed E-state index contributed by atoms with van der Waals surface area (Å²) >= 11 is 0. The number of nitrogens with zero attached hydrogens (tertiary/aromatic N) is 1. The Morgan fingerprint density at radius 2 is 2.00 bits per heavy atom. The number of nitriles is 1. The third-order valence-corrected chi connectivity index (χ3v) is 1.94. The van der Waals surface area contributed by atoms with Gasteiger partial charge in [0.25, 0.3) is 0 Å². The molecule has 0 bridgehead atoms. The third-order valence-electron chi connectivity index (χ3n) is 1.94. The summed E-state index contributed by atoms with van der Waals surface area (Å²) in [6.45, 7) is -0.256. The highest BCUT2D eigenvalue weighted by Crippen LogP contribution is 2.09. The number of amides is 3. The zero-order chi connectivity index (χ0) is 13.5. The fourth-order valence-electron chi connectivity index (χ4n) is 1.14. The molecule has 0 aliphatic heterocycles. The Hall–Kier alpha value is -2.88. The number of carbonyl (C=O) groups is 3. The number of hydrogen-bond acceptors (Lipinski definition) is 4. The number of nitrogens with one attached hydrogen (secondary N) is 2. The molecular formula is C11H10N4O3. The molecule has 0 saturated carbocycles. The van der Waals surface area contributed by atoms with Gasteiger partial charge in [0.15, 0.2) is 0 Å². The Morgan fingerprint density at radius 1 is 1.28 bits per heavy atom. The van der Waals surface area contributed by atoms with E-state index in [9.17, 15) is 14.4 Å². The topological polar surface area (TPSA) is 125 Å². The van der Waals surface area contributed by atoms with Crippen LogP contribution in [0.5, 0.6) is 0 Å². The fraction of sp³-hybridized carbons (Fsp3) is 0.0909. The van der Waals surface area contributed by atoms with Gasteiger partial charge < -0.3 is 16.4 Å². The second-order valence-corrected chi connectivity index (χ2v) is 3.24. The Morgan fingerprint density at radius 3 is 2.61 bits per heavy atom. The van der Waals surface area contributed by atoms with Crippen LogP contribution >= 0.6 is 0 Å². The van der Waals surface area contributed by atoms with Crippen molar-refractivity contribution in [2.45, 2.75) is 0 Å². The predicted octanol–water partition coefficient (Wildman–Crippen LogP) is -0.636. The van der Waals surface area contributed by atoms with Crippen LogP contribution in [0.25, 0.3) is 0 Å². The Kier molecular flexibility index (Phi) is 4.40. The highest BCUT2D eigenvalue weighted by Gasteiger charge is 2.13. The number of primary amides is 1. The summed E-state index contributed by atoms with van der Waals surface area (Å²) in [7, 11) is 0. The minimum absolute atomic E-state index is 0.213. The van der Waals surface area contributed by atoms with Gasteiger partial charge in [-0.05, 0) is 18.2 Å². The van der Waals surface area contributed by atoms with E-state index < -0.39 is 17.7 Å². The van der Waals surface area contributed by atoms with E-state index in [1.165, 1.54) is 24.3 Å². The molecule has 1 aromatic rings. The molecular weight excluding hydrogens is 236 g/mol. The van der Waals surface area contributed by atoms with Crippen molar-refractivity contribution in [2.24, 2.45) is 5.73 Å². The van der Waals surface area contributed by atoms with E-state index in [4.69, 9.17) is 11.0 Å². The van der Waals surface area contributed by atoms with Crippen LogP contribution in [-0.2, 0) is 9.59 Å². The minimum atomic E-state index is -0.930. The van der Waals surface area contributed by atoms with Gasteiger partial charge in [-0.3, -0.25) is 14.4 Å². The Bertz CT molecular complexity index is 533. The summed E-state index contributed by atoms with van der Waals surface area (Å²) in [4.78, 5) is 33.4. The first-order valence-corrected chi connectivity index (χ1v) is 4.90. The third kappa shape index (κ3) is 3.61. The van der Waals surface area contributed by atoms with Gasteiger partial charge >= 0.3 is 11.8 Å². The SMILES string of the molecule is N#CCNC(=O)C(=O)Nc1cccc(C(N)=O)c1. The second kappa shape index (κ2) is 6.00. The number of anilines is 1. The summed E-state index contributed by atoms with van der Waals surface area (Å²) in [6.07, 6.45) is 0. The molecule has 0 fully saturated rings. The predicted molar refractivity (Wildman–Crippen MR) is 62.2 cm³/mol. The average molecular weight is 246 g/mol. The first-order valence-electron chi connectivity index (χ1n) is 4.90. The molecule has 0 heterocycles. The van der Waals surface area contributed by atoms with Crippen LogP contribution in [0.1, 0.15) is 10.4 Å². The van der Waals surface area contributed by atoms with Crippen molar-refractivity contribution in [2.75, 3.05) is 11.9 Å². The van der Waals surface area contributed by atoms with Crippen LogP contribution in [0.15, 0.2) is 24.3 Å². The van der Waals surface area contributed by atoms with Crippen LogP contribution in [0.3, 0.4) is 0 Å². The first kappa shape index (κ1) is 13.2. The standard InChI is InChI=1S/C11H10N4O3/c12-4-5-14-10(17)11(18)15-8-3-1-2-7(6-8)9(13)16/h1-3,6H,5H2,(H2,13,16)(H,14,17)(H,15,18). The molecule has 7 heteroatoms. The van der Waals surface area contributed by atoms with Crippen molar-refractivity contribution < 1.29 is 14.4 Å². The van der Waals surface area contributed by atoms with Gasteiger partial charge in [0.05, 0.1) is 6.07 Å². The Labute approximate surface area is 103 Å². The maximum absolute atomic E-state index is 11.4. The molecule has 0 spiro atoms. The summed E-state index contributed by atoms with van der Waals surface area (Å²) in [5.41, 5.74) is 5.55. The van der Waals surface area contributed by atoms with Crippen LogP contribution in [0, 0.1) is 11.3 Å². The number of nitrogens with two attached hydrogens (primary N) is 1. The maximum Gasteiger partial charge on any atom is 0.313 e. The van der Waals surface area contributed by atoms with E-state index in [1.54, 1.807) is 6.07 Å². The molecule has 0 saturated heterocycles. The van der Waals surface area contributed by atoms with Gasteiger partial charge in [0.1, 0.15) is 6.54 Å². The van der Waals surface area contributed by atoms with Crippen LogP contribution in [0.2, 0.25) is 0 Å². The van der Waals surface area contributed by atoms with Gasteiger partial charge in [0, 0.05) is 11.3 Å². The fourth-order valence-corrected chi connectivity index (χ4v) is 1.14. The molecule has 4 N–H and O–H groups in total. The van der Waals surface area contributed by atoms with Crippen molar-refractivity contribution in [3.63, 3.8) is 0 Å². The molecule has 1 rings (SSSR count). The molecule has 0 unspecified atom stereocenters. The van der Waals surface area contributed by atoms with E-state index in [-0.39, 0.29) is 17.8 Å². The normalized spacial score (nSPS) is 9.06. The van der Waals surface area contributed by atoms with Crippen molar-refractivity contribution in [3.8, 4) is 6.07 Å². The van der Waals surface area contributed by atoms with E-state index in [0.29, 0.717) is 0 Å². The molecule has 7 nitrogen and oxygen atoms in total. The van der Waals surface area contributed by atoms with Crippen molar-refractivity contribution >= 4 is 23.4 Å². The lowest BCUT2D eigenvalue weighted by Gasteiger charge is -2.05. The molecule has 0 atom stereocenters. The lowest BCUT2D eigenvalue weighted by Crippen LogP contribution is -2.35. The molecule has 0 aromatic heterocycles. The number of carbonyl (C=O) groups excluding carboxylic acids is 3. The van der Waals surface area contributed by atoms with Gasteiger partial charge in [-0.2, -0.15) is 5.26 Å². The number of benzene rings is 1. The Balaban J connectivity index is 2.70. The molecule has 0 radical (unpaired) electrons. The van der Waals surface area contributed by atoms with E-state index in [0.717, 1.165) is 0 Å². The van der Waals surface area contributed by atoms with Crippen molar-refractivity contribution in [3.05, 3.63) is 29.8 Å². The zero-order valence-electron chi connectivity index (χ0n) is 9.27. The van der Waals surface area contributed by atoms with Crippen LogP contribution < -0.4 is 16.4 Å². The van der Waals surface area contributed by atoms with Gasteiger partial charge in [-0.1, -0.05) is 6.07 Å². The lowest BCUT2D eigenvalue weighted by atomic mass is 10.2. The quantitative estimate of drug-likeness (QED) is 0.484. The van der Waals surface area contributed by atoms with Crippen molar-refractivity contribution in [1.82, 2.24) is 5.32 Å². The first-order chi connectivity index (χ1) is 8.54. The number of rotatable bonds is 3. The lowest BCUT2D eigenvalue weighted by molar-refractivity contribution is -0.136. The van der Waals surface area contributed by atoms with Crippen molar-refractivity contribution in [1.29, 1.82) is 5.26 Å². The molecule has 0 aliphatic carbocycles. The highest BCUT2D eigenvalue weighted by atomic mass is 16.2. The van der Waals surface area contributed by atoms with Crippen LogP contribution in [0.4, 0.5) is 5.69 Å². The molecule has 1 aromatic carbocycles. The highest BCUT2D eigenvalue weighted by molar-refractivity contribution is 6.39. The minimum Gasteiger partial charge on any atom is -0.366 e. The molecule has 0 aliphatic rings. The molecule has 18 heavy (non-hydrogen) atoms. The summed E-state index contributed by atoms with van der Waals surface area (Å²) < 4.78 is 0. The maximum atomic E-state index is 11.4. The smallest absolute Gasteiger partial charge is 0.313 e. The van der Waals surface area contributed by atoms with E-state index in [2.05, 4.69) is 10.6 Å². The monoisotopic (exact) mass is 246 g/mol. The largest absolute Gasteiger partial charge is 0.366 e. The van der Waals surface area contributed by atoms with E-state index in [1.807, 2.05) is 0 Å². The van der Waals surface area contributed by atoms with Gasteiger partial charge in [-0.25, -0.2) is 0 Å². The van der Waals surface area contributed by atoms with Gasteiger partial charge in [0.2, 0.25) is 5.91 Å². The summed E-state index contributed by atoms with van der Waals surface area (Å²) in [5, 5.41) is 12.6. The summed E-state index contributed by atoms with van der Waals surface area (Å²) in [5.74, 6) is -2.49. The average Bonchev–Trinajstić information content (AvgIpc) is 2.36. The molecule has 3 amide bonds. The second-order valence-electron chi connectivity index (χ2n) is 3.24. The zero-order valence-corrected chi connectivity index (χ0v) is 9.27.